The van der Waals surface area contributed by atoms with Crippen LogP contribution in [0.3, 0.4) is 0 Å². The maximum Gasteiger partial charge on any atom is 0.306 e. The van der Waals surface area contributed by atoms with E-state index >= 15 is 0 Å². The van der Waals surface area contributed by atoms with E-state index in [-0.39, 0.29) is 5.97 Å². The highest BCUT2D eigenvalue weighted by atomic mass is 35.5. The van der Waals surface area contributed by atoms with Crippen LogP contribution < -0.4 is 5.32 Å². The van der Waals surface area contributed by atoms with Crippen LogP contribution in [0.2, 0.25) is 5.02 Å². The standard InChI is InChI=1S/C15H17ClN2O2S/c1-3-20-14(19)7-5-11-9-21-15(17-11)18-13-6-4-10(2)8-12(13)16/h4,6,8-9H,3,5,7H2,1-2H3,(H,17,18). The van der Waals surface area contributed by atoms with Gasteiger partial charge in [-0.15, -0.1) is 11.3 Å². The number of hydrogen-bond acceptors (Lipinski definition) is 5. The molecule has 0 radical (unpaired) electrons. The van der Waals surface area contributed by atoms with Gasteiger partial charge in [0.25, 0.3) is 0 Å². The van der Waals surface area contributed by atoms with Crippen LogP contribution in [0, 0.1) is 6.92 Å². The number of esters is 1. The van der Waals surface area contributed by atoms with Gasteiger partial charge in [0.2, 0.25) is 0 Å². The number of carbonyl (C=O) groups is 1. The van der Waals surface area contributed by atoms with Crippen molar-refractivity contribution in [2.24, 2.45) is 0 Å². The number of rotatable bonds is 6. The normalized spacial score (nSPS) is 10.4. The van der Waals surface area contributed by atoms with E-state index in [9.17, 15) is 4.79 Å². The fourth-order valence-electron chi connectivity index (χ4n) is 1.78. The predicted molar refractivity (Wildman–Crippen MR) is 86.5 cm³/mol. The molecular formula is C15H17ClN2O2S. The average Bonchev–Trinajstić information content (AvgIpc) is 2.88. The number of anilines is 2. The number of thiazole rings is 1. The molecule has 1 N–H and O–H groups in total. The molecule has 0 saturated heterocycles. The maximum atomic E-state index is 11.3. The molecule has 0 aliphatic rings. The van der Waals surface area contributed by atoms with Crippen molar-refractivity contribution in [2.75, 3.05) is 11.9 Å². The minimum absolute atomic E-state index is 0.193. The van der Waals surface area contributed by atoms with Gasteiger partial charge in [0.15, 0.2) is 5.13 Å². The van der Waals surface area contributed by atoms with E-state index in [1.54, 1.807) is 6.92 Å². The Labute approximate surface area is 133 Å². The first-order valence-corrected chi connectivity index (χ1v) is 7.97. The van der Waals surface area contributed by atoms with E-state index in [4.69, 9.17) is 16.3 Å². The Morgan fingerprint density at radius 2 is 2.29 bits per heavy atom. The van der Waals surface area contributed by atoms with Gasteiger partial charge in [-0.05, 0) is 31.5 Å². The number of nitrogens with one attached hydrogen (secondary N) is 1. The fraction of sp³-hybridized carbons (Fsp3) is 0.333. The summed E-state index contributed by atoms with van der Waals surface area (Å²) in [5.41, 5.74) is 2.81. The van der Waals surface area contributed by atoms with Crippen molar-refractivity contribution in [2.45, 2.75) is 26.7 Å². The minimum atomic E-state index is -0.193. The van der Waals surface area contributed by atoms with Gasteiger partial charge in [-0.1, -0.05) is 17.7 Å². The third-order valence-corrected chi connectivity index (χ3v) is 3.93. The maximum absolute atomic E-state index is 11.3. The first-order chi connectivity index (χ1) is 10.1. The van der Waals surface area contributed by atoms with Crippen LogP contribution in [0.5, 0.6) is 0 Å². The number of benzene rings is 1. The lowest BCUT2D eigenvalue weighted by Crippen LogP contribution is -2.05. The predicted octanol–water partition coefficient (Wildman–Crippen LogP) is 4.34. The van der Waals surface area contributed by atoms with Crippen LogP contribution in [0.4, 0.5) is 10.8 Å². The van der Waals surface area contributed by atoms with Crippen LogP contribution in [-0.2, 0) is 16.0 Å². The molecule has 0 aliphatic carbocycles. The number of halogens is 1. The summed E-state index contributed by atoms with van der Waals surface area (Å²) in [6.07, 6.45) is 0.931. The zero-order valence-electron chi connectivity index (χ0n) is 12.0. The fourth-order valence-corrected chi connectivity index (χ4v) is 2.82. The number of aromatic nitrogens is 1. The Balaban J connectivity index is 1.95. The largest absolute Gasteiger partial charge is 0.466 e. The van der Waals surface area contributed by atoms with Crippen LogP contribution in [-0.4, -0.2) is 17.6 Å². The van der Waals surface area contributed by atoms with E-state index in [0.29, 0.717) is 24.5 Å². The smallest absolute Gasteiger partial charge is 0.306 e. The second-order valence-corrected chi connectivity index (χ2v) is 5.82. The summed E-state index contributed by atoms with van der Waals surface area (Å²) in [5, 5.41) is 6.55. The third kappa shape index (κ3) is 4.72. The molecule has 21 heavy (non-hydrogen) atoms. The Hall–Kier alpha value is -1.59. The SMILES string of the molecule is CCOC(=O)CCc1csc(Nc2ccc(C)cc2Cl)n1. The third-order valence-electron chi connectivity index (χ3n) is 2.81. The molecule has 0 atom stereocenters. The number of nitrogens with zero attached hydrogens (tertiary/aromatic N) is 1. The Kier molecular flexibility index (Phi) is 5.59. The first-order valence-electron chi connectivity index (χ1n) is 6.71. The molecule has 2 aromatic rings. The zero-order valence-corrected chi connectivity index (χ0v) is 13.6. The Bertz CT molecular complexity index is 628. The quantitative estimate of drug-likeness (QED) is 0.803. The van der Waals surface area contributed by atoms with Crippen molar-refractivity contribution in [3.63, 3.8) is 0 Å². The molecule has 6 heteroatoms. The Morgan fingerprint density at radius 3 is 3.00 bits per heavy atom. The van der Waals surface area contributed by atoms with Crippen molar-refractivity contribution in [1.29, 1.82) is 0 Å². The summed E-state index contributed by atoms with van der Waals surface area (Å²) in [6.45, 7) is 4.20. The second kappa shape index (κ2) is 7.43. The van der Waals surface area contributed by atoms with Gasteiger partial charge < -0.3 is 10.1 Å². The lowest BCUT2D eigenvalue weighted by atomic mass is 10.2. The highest BCUT2D eigenvalue weighted by Gasteiger charge is 2.08. The summed E-state index contributed by atoms with van der Waals surface area (Å²) in [4.78, 5) is 15.8. The molecule has 1 aromatic heterocycles. The molecule has 0 aliphatic heterocycles. The van der Waals surface area contributed by atoms with E-state index in [1.807, 2.05) is 30.5 Å². The summed E-state index contributed by atoms with van der Waals surface area (Å²) in [6, 6.07) is 5.82. The molecular weight excluding hydrogens is 308 g/mol. The molecule has 0 unspecified atom stereocenters. The molecule has 0 spiro atoms. The topological polar surface area (TPSA) is 51.2 Å². The molecule has 1 heterocycles. The second-order valence-electron chi connectivity index (χ2n) is 4.56. The molecule has 0 amide bonds. The Morgan fingerprint density at radius 1 is 1.48 bits per heavy atom. The molecule has 112 valence electrons. The first kappa shape index (κ1) is 15.8. The van der Waals surface area contributed by atoms with E-state index in [1.165, 1.54) is 11.3 Å². The van der Waals surface area contributed by atoms with Gasteiger partial charge in [-0.25, -0.2) is 4.98 Å². The van der Waals surface area contributed by atoms with Crippen molar-refractivity contribution < 1.29 is 9.53 Å². The van der Waals surface area contributed by atoms with E-state index < -0.39 is 0 Å². The number of aryl methyl sites for hydroxylation is 2. The number of carbonyl (C=O) groups excluding carboxylic acids is 1. The van der Waals surface area contributed by atoms with Gasteiger partial charge >= 0.3 is 5.97 Å². The van der Waals surface area contributed by atoms with Gasteiger partial charge in [0.05, 0.1) is 29.4 Å². The van der Waals surface area contributed by atoms with Crippen molar-refractivity contribution in [1.82, 2.24) is 4.98 Å². The monoisotopic (exact) mass is 324 g/mol. The van der Waals surface area contributed by atoms with Gasteiger partial charge in [0.1, 0.15) is 0 Å². The highest BCUT2D eigenvalue weighted by Crippen LogP contribution is 2.28. The van der Waals surface area contributed by atoms with Crippen molar-refractivity contribution >= 4 is 39.7 Å². The van der Waals surface area contributed by atoms with Crippen molar-refractivity contribution in [3.05, 3.63) is 39.9 Å². The molecule has 1 aromatic carbocycles. The zero-order chi connectivity index (χ0) is 15.2. The van der Waals surface area contributed by atoms with Crippen LogP contribution in [0.1, 0.15) is 24.6 Å². The number of ether oxygens (including phenoxy) is 1. The average molecular weight is 325 g/mol. The van der Waals surface area contributed by atoms with Gasteiger partial charge in [-0.3, -0.25) is 4.79 Å². The lowest BCUT2D eigenvalue weighted by Gasteiger charge is -2.05. The van der Waals surface area contributed by atoms with E-state index in [0.717, 1.165) is 22.1 Å². The lowest BCUT2D eigenvalue weighted by molar-refractivity contribution is -0.143. The molecule has 2 rings (SSSR count). The summed E-state index contributed by atoms with van der Waals surface area (Å²) < 4.78 is 4.90. The van der Waals surface area contributed by atoms with Gasteiger partial charge in [-0.2, -0.15) is 0 Å². The van der Waals surface area contributed by atoms with Gasteiger partial charge in [0, 0.05) is 11.8 Å². The van der Waals surface area contributed by atoms with Crippen LogP contribution in [0.15, 0.2) is 23.6 Å². The number of hydrogen-bond donors (Lipinski definition) is 1. The summed E-state index contributed by atoms with van der Waals surface area (Å²) in [5.74, 6) is -0.193. The minimum Gasteiger partial charge on any atom is -0.466 e. The summed E-state index contributed by atoms with van der Waals surface area (Å²) >= 11 is 7.67. The summed E-state index contributed by atoms with van der Waals surface area (Å²) in [7, 11) is 0. The molecule has 4 nitrogen and oxygen atoms in total. The van der Waals surface area contributed by atoms with Crippen LogP contribution in [0.25, 0.3) is 0 Å². The molecule has 0 saturated carbocycles. The molecule has 0 fully saturated rings. The van der Waals surface area contributed by atoms with E-state index in [2.05, 4.69) is 10.3 Å². The molecule has 0 bridgehead atoms. The van der Waals surface area contributed by atoms with Crippen LogP contribution >= 0.6 is 22.9 Å². The van der Waals surface area contributed by atoms with Crippen molar-refractivity contribution in [3.8, 4) is 0 Å². The highest BCUT2D eigenvalue weighted by molar-refractivity contribution is 7.13.